The van der Waals surface area contributed by atoms with Crippen LogP contribution in [-0.4, -0.2) is 13.6 Å². The van der Waals surface area contributed by atoms with Gasteiger partial charge in [0.1, 0.15) is 11.9 Å². The molecule has 0 amide bonds. The summed E-state index contributed by atoms with van der Waals surface area (Å²) in [5, 5.41) is 8.95. The summed E-state index contributed by atoms with van der Waals surface area (Å²) in [6, 6.07) is 6.42. The molecule has 0 bridgehead atoms. The summed E-state index contributed by atoms with van der Waals surface area (Å²) in [6.45, 7) is 3.18. The van der Waals surface area contributed by atoms with Crippen LogP contribution in [0, 0.1) is 29.0 Å². The largest absolute Gasteiger partial charge is 0.373 e. The van der Waals surface area contributed by atoms with E-state index in [0.29, 0.717) is 5.56 Å². The van der Waals surface area contributed by atoms with Crippen LogP contribution in [0.4, 0.5) is 10.1 Å². The lowest BCUT2D eigenvalue weighted by Gasteiger charge is -2.20. The van der Waals surface area contributed by atoms with Gasteiger partial charge >= 0.3 is 0 Å². The van der Waals surface area contributed by atoms with Gasteiger partial charge in [0.05, 0.1) is 11.3 Å². The molecule has 1 aromatic carbocycles. The number of hydrogen-bond acceptors (Lipinski definition) is 2. The fraction of sp³-hybridized carbons (Fsp3) is 0.462. The molecule has 1 fully saturated rings. The van der Waals surface area contributed by atoms with Gasteiger partial charge in [-0.05, 0) is 36.5 Å². The molecule has 0 heterocycles. The lowest BCUT2D eigenvalue weighted by Crippen LogP contribution is -2.21. The van der Waals surface area contributed by atoms with Crippen LogP contribution >= 0.6 is 0 Å². The van der Waals surface area contributed by atoms with Crippen molar-refractivity contribution in [2.45, 2.75) is 13.3 Å². The zero-order chi connectivity index (χ0) is 11.7. The maximum atomic E-state index is 13.0. The van der Waals surface area contributed by atoms with Crippen LogP contribution in [0.2, 0.25) is 0 Å². The molecule has 16 heavy (non-hydrogen) atoms. The van der Waals surface area contributed by atoms with E-state index in [1.54, 1.807) is 6.07 Å². The third kappa shape index (κ3) is 2.16. The van der Waals surface area contributed by atoms with E-state index in [4.69, 9.17) is 5.26 Å². The van der Waals surface area contributed by atoms with Gasteiger partial charge in [0.25, 0.3) is 0 Å². The third-order valence-corrected chi connectivity index (χ3v) is 3.27. The van der Waals surface area contributed by atoms with Crippen molar-refractivity contribution in [3.63, 3.8) is 0 Å². The zero-order valence-corrected chi connectivity index (χ0v) is 9.57. The van der Waals surface area contributed by atoms with Crippen LogP contribution in [0.1, 0.15) is 18.9 Å². The first-order valence-corrected chi connectivity index (χ1v) is 5.52. The van der Waals surface area contributed by atoms with Crippen molar-refractivity contribution in [1.29, 1.82) is 5.26 Å². The maximum absolute atomic E-state index is 13.0. The third-order valence-electron chi connectivity index (χ3n) is 3.27. The molecule has 0 saturated heterocycles. The summed E-state index contributed by atoms with van der Waals surface area (Å²) in [5.41, 5.74) is 1.24. The summed E-state index contributed by atoms with van der Waals surface area (Å²) in [6.07, 6.45) is 1.26. The SMILES string of the molecule is CC1CC1CN(C)c1ccc(F)cc1C#N. The van der Waals surface area contributed by atoms with Gasteiger partial charge in [-0.1, -0.05) is 6.92 Å². The molecule has 1 saturated carbocycles. The van der Waals surface area contributed by atoms with Crippen molar-refractivity contribution in [2.75, 3.05) is 18.5 Å². The molecule has 3 heteroatoms. The van der Waals surface area contributed by atoms with Crippen molar-refractivity contribution in [3.8, 4) is 6.07 Å². The molecule has 0 radical (unpaired) electrons. The van der Waals surface area contributed by atoms with Gasteiger partial charge in [0.2, 0.25) is 0 Å². The Morgan fingerprint density at radius 1 is 1.56 bits per heavy atom. The Labute approximate surface area is 95.3 Å². The molecule has 2 rings (SSSR count). The lowest BCUT2D eigenvalue weighted by atomic mass is 10.1. The Balaban J connectivity index is 2.16. The van der Waals surface area contributed by atoms with Crippen molar-refractivity contribution in [3.05, 3.63) is 29.6 Å². The van der Waals surface area contributed by atoms with Gasteiger partial charge in [0.15, 0.2) is 0 Å². The topological polar surface area (TPSA) is 27.0 Å². The van der Waals surface area contributed by atoms with Gasteiger partial charge in [-0.3, -0.25) is 0 Å². The fourth-order valence-corrected chi connectivity index (χ4v) is 2.03. The standard InChI is InChI=1S/C13H15FN2/c1-9-5-11(9)8-16(2)13-4-3-12(14)6-10(13)7-15/h3-4,6,9,11H,5,8H2,1-2H3. The summed E-state index contributed by atoms with van der Waals surface area (Å²) in [5.74, 6) is 1.16. The highest BCUT2D eigenvalue weighted by molar-refractivity contribution is 5.59. The molecule has 84 valence electrons. The quantitative estimate of drug-likeness (QED) is 0.780. The summed E-state index contributed by atoms with van der Waals surface area (Å²) >= 11 is 0. The number of halogens is 1. The average Bonchev–Trinajstić information content (AvgIpc) is 2.93. The second-order valence-electron chi connectivity index (χ2n) is 4.63. The zero-order valence-electron chi connectivity index (χ0n) is 9.57. The first-order valence-electron chi connectivity index (χ1n) is 5.52. The highest BCUT2D eigenvalue weighted by atomic mass is 19.1. The molecule has 2 unspecified atom stereocenters. The predicted molar refractivity (Wildman–Crippen MR) is 61.7 cm³/mol. The Bertz CT molecular complexity index is 436. The Morgan fingerprint density at radius 3 is 2.81 bits per heavy atom. The molecule has 2 nitrogen and oxygen atoms in total. The van der Waals surface area contributed by atoms with Gasteiger partial charge in [-0.2, -0.15) is 5.26 Å². The van der Waals surface area contributed by atoms with Gasteiger partial charge in [-0.25, -0.2) is 4.39 Å². The van der Waals surface area contributed by atoms with E-state index in [9.17, 15) is 4.39 Å². The number of hydrogen-bond donors (Lipinski definition) is 0. The number of benzene rings is 1. The van der Waals surface area contributed by atoms with Crippen LogP contribution < -0.4 is 4.90 Å². The normalized spacial score (nSPS) is 22.6. The number of nitriles is 1. The van der Waals surface area contributed by atoms with E-state index < -0.39 is 0 Å². The monoisotopic (exact) mass is 218 g/mol. The van der Waals surface area contributed by atoms with Crippen molar-refractivity contribution in [1.82, 2.24) is 0 Å². The number of nitrogens with zero attached hydrogens (tertiary/aromatic N) is 2. The minimum Gasteiger partial charge on any atom is -0.373 e. The first-order chi connectivity index (χ1) is 7.61. The fourth-order valence-electron chi connectivity index (χ4n) is 2.03. The summed E-state index contributed by atoms with van der Waals surface area (Å²) in [7, 11) is 1.96. The molecule has 1 aliphatic carbocycles. The van der Waals surface area contributed by atoms with Crippen LogP contribution in [0.3, 0.4) is 0 Å². The highest BCUT2D eigenvalue weighted by Crippen LogP contribution is 2.39. The second-order valence-corrected chi connectivity index (χ2v) is 4.63. The molecule has 1 aromatic rings. The highest BCUT2D eigenvalue weighted by Gasteiger charge is 2.33. The van der Waals surface area contributed by atoms with E-state index in [1.807, 2.05) is 18.0 Å². The van der Waals surface area contributed by atoms with Crippen molar-refractivity contribution < 1.29 is 4.39 Å². The van der Waals surface area contributed by atoms with Crippen LogP contribution in [0.5, 0.6) is 0 Å². The van der Waals surface area contributed by atoms with Crippen LogP contribution in [0.15, 0.2) is 18.2 Å². The summed E-state index contributed by atoms with van der Waals surface area (Å²) in [4.78, 5) is 2.05. The smallest absolute Gasteiger partial charge is 0.124 e. The summed E-state index contributed by atoms with van der Waals surface area (Å²) < 4.78 is 13.0. The van der Waals surface area contributed by atoms with E-state index in [1.165, 1.54) is 18.6 Å². The van der Waals surface area contributed by atoms with Crippen molar-refractivity contribution in [2.24, 2.45) is 11.8 Å². The Kier molecular flexibility index (Phi) is 2.82. The molecule has 1 aliphatic rings. The van der Waals surface area contributed by atoms with Crippen molar-refractivity contribution >= 4 is 5.69 Å². The Morgan fingerprint density at radius 2 is 2.25 bits per heavy atom. The van der Waals surface area contributed by atoms with Crippen LogP contribution in [-0.2, 0) is 0 Å². The van der Waals surface area contributed by atoms with E-state index in [-0.39, 0.29) is 5.82 Å². The minimum atomic E-state index is -0.353. The van der Waals surface area contributed by atoms with E-state index in [0.717, 1.165) is 24.1 Å². The van der Waals surface area contributed by atoms with Gasteiger partial charge < -0.3 is 4.90 Å². The maximum Gasteiger partial charge on any atom is 0.124 e. The molecular formula is C13H15FN2. The van der Waals surface area contributed by atoms with E-state index in [2.05, 4.69) is 6.92 Å². The second kappa shape index (κ2) is 4.13. The van der Waals surface area contributed by atoms with Gasteiger partial charge in [0, 0.05) is 13.6 Å². The lowest BCUT2D eigenvalue weighted by molar-refractivity contribution is 0.626. The van der Waals surface area contributed by atoms with Gasteiger partial charge in [-0.15, -0.1) is 0 Å². The molecule has 0 spiro atoms. The molecular weight excluding hydrogens is 203 g/mol. The number of rotatable bonds is 3. The number of anilines is 1. The molecule has 2 atom stereocenters. The minimum absolute atomic E-state index is 0.353. The van der Waals surface area contributed by atoms with E-state index >= 15 is 0 Å². The molecule has 0 aromatic heterocycles. The first kappa shape index (κ1) is 10.9. The Hall–Kier alpha value is -1.56. The average molecular weight is 218 g/mol. The molecule has 0 aliphatic heterocycles. The van der Waals surface area contributed by atoms with Crippen LogP contribution in [0.25, 0.3) is 0 Å². The molecule has 0 N–H and O–H groups in total. The predicted octanol–water partition coefficient (Wildman–Crippen LogP) is 2.79.